The largest absolute Gasteiger partial charge is 0.313 e. The normalized spacial score (nSPS) is 12.4. The molecule has 1 unspecified atom stereocenters. The van der Waals surface area contributed by atoms with Crippen LogP contribution in [0.1, 0.15) is 17.2 Å². The minimum absolute atomic E-state index is 0.230. The van der Waals surface area contributed by atoms with Crippen LogP contribution in [0.4, 0.5) is 8.78 Å². The van der Waals surface area contributed by atoms with Gasteiger partial charge in [0.2, 0.25) is 0 Å². The van der Waals surface area contributed by atoms with Crippen molar-refractivity contribution in [3.8, 4) is 0 Å². The van der Waals surface area contributed by atoms with Crippen LogP contribution in [0.15, 0.2) is 40.9 Å². The van der Waals surface area contributed by atoms with Crippen LogP contribution in [-0.4, -0.2) is 7.05 Å². The molecule has 0 fully saturated rings. The molecule has 1 N–H and O–H groups in total. The van der Waals surface area contributed by atoms with Crippen LogP contribution in [0, 0.1) is 11.6 Å². The van der Waals surface area contributed by atoms with Gasteiger partial charge in [-0.15, -0.1) is 0 Å². The van der Waals surface area contributed by atoms with Crippen molar-refractivity contribution in [2.75, 3.05) is 7.05 Å². The average molecular weight is 361 g/mol. The van der Waals surface area contributed by atoms with Gasteiger partial charge in [0.1, 0.15) is 11.6 Å². The summed E-state index contributed by atoms with van der Waals surface area (Å²) >= 11 is 9.06. The van der Waals surface area contributed by atoms with E-state index in [1.54, 1.807) is 25.2 Å². The van der Waals surface area contributed by atoms with Gasteiger partial charge in [0.05, 0.1) is 4.47 Å². The molecule has 0 aliphatic carbocycles. The lowest BCUT2D eigenvalue weighted by molar-refractivity contribution is 0.533. The zero-order chi connectivity index (χ0) is 14.7. The monoisotopic (exact) mass is 359 g/mol. The van der Waals surface area contributed by atoms with Crippen LogP contribution >= 0.6 is 27.5 Å². The molecule has 2 aromatic carbocycles. The van der Waals surface area contributed by atoms with E-state index in [0.717, 1.165) is 5.56 Å². The Morgan fingerprint density at radius 3 is 2.50 bits per heavy atom. The summed E-state index contributed by atoms with van der Waals surface area (Å²) in [4.78, 5) is 0. The third-order valence-corrected chi connectivity index (χ3v) is 3.95. The lowest BCUT2D eigenvalue weighted by atomic mass is 9.98. The molecule has 2 aromatic rings. The van der Waals surface area contributed by atoms with Crippen molar-refractivity contribution < 1.29 is 8.78 Å². The van der Waals surface area contributed by atoms with E-state index in [1.165, 1.54) is 18.2 Å². The summed E-state index contributed by atoms with van der Waals surface area (Å²) in [6, 6.07) is 9.02. The Morgan fingerprint density at radius 2 is 1.85 bits per heavy atom. The molecule has 0 radical (unpaired) electrons. The molecule has 0 bridgehead atoms. The van der Waals surface area contributed by atoms with Crippen LogP contribution < -0.4 is 5.32 Å². The van der Waals surface area contributed by atoms with Gasteiger partial charge >= 0.3 is 0 Å². The Hall–Kier alpha value is -0.970. The molecule has 0 spiro atoms. The molecule has 20 heavy (non-hydrogen) atoms. The summed E-state index contributed by atoms with van der Waals surface area (Å²) in [6.45, 7) is 0. The molecule has 0 amide bonds. The first-order chi connectivity index (χ1) is 9.51. The maximum absolute atomic E-state index is 13.9. The molecular weight excluding hydrogens is 348 g/mol. The predicted molar refractivity (Wildman–Crippen MR) is 81.0 cm³/mol. The zero-order valence-corrected chi connectivity index (χ0v) is 13.1. The highest BCUT2D eigenvalue weighted by molar-refractivity contribution is 9.10. The second-order valence-electron chi connectivity index (χ2n) is 4.46. The van der Waals surface area contributed by atoms with E-state index in [9.17, 15) is 8.78 Å². The fourth-order valence-electron chi connectivity index (χ4n) is 2.05. The van der Waals surface area contributed by atoms with Crippen molar-refractivity contribution in [1.82, 2.24) is 5.32 Å². The molecule has 0 saturated heterocycles. The van der Waals surface area contributed by atoms with Gasteiger partial charge in [-0.05, 0) is 65.3 Å². The number of likely N-dealkylation sites (N-methyl/N-ethyl adjacent to an activating group) is 1. The Labute approximate surface area is 130 Å². The van der Waals surface area contributed by atoms with Gasteiger partial charge in [0.15, 0.2) is 0 Å². The summed E-state index contributed by atoms with van der Waals surface area (Å²) < 4.78 is 27.5. The zero-order valence-electron chi connectivity index (χ0n) is 10.8. The highest BCUT2D eigenvalue weighted by Crippen LogP contribution is 2.26. The van der Waals surface area contributed by atoms with Crippen LogP contribution in [0.25, 0.3) is 0 Å². The SMILES string of the molecule is CNC(Cc1ccc(F)c(Br)c1)c1cc(Cl)ccc1F. The first-order valence-electron chi connectivity index (χ1n) is 6.07. The Balaban J connectivity index is 2.28. The van der Waals surface area contributed by atoms with Crippen LogP contribution in [-0.2, 0) is 6.42 Å². The van der Waals surface area contributed by atoms with Gasteiger partial charge < -0.3 is 5.32 Å². The number of benzene rings is 2. The molecule has 106 valence electrons. The minimum Gasteiger partial charge on any atom is -0.313 e. The molecule has 0 aromatic heterocycles. The van der Waals surface area contributed by atoms with Crippen LogP contribution in [0.5, 0.6) is 0 Å². The van der Waals surface area contributed by atoms with Crippen molar-refractivity contribution in [2.24, 2.45) is 0 Å². The second-order valence-corrected chi connectivity index (χ2v) is 5.75. The molecule has 1 nitrogen and oxygen atoms in total. The molecule has 0 aliphatic heterocycles. The van der Waals surface area contributed by atoms with Gasteiger partial charge in [0.25, 0.3) is 0 Å². The predicted octanol–water partition coefficient (Wildman–Crippen LogP) is 4.88. The quantitative estimate of drug-likeness (QED) is 0.819. The molecule has 0 heterocycles. The molecule has 0 saturated carbocycles. The summed E-state index contributed by atoms with van der Waals surface area (Å²) in [5, 5.41) is 3.55. The number of rotatable bonds is 4. The van der Waals surface area contributed by atoms with Crippen molar-refractivity contribution >= 4 is 27.5 Å². The van der Waals surface area contributed by atoms with E-state index < -0.39 is 0 Å². The van der Waals surface area contributed by atoms with Gasteiger partial charge in [-0.2, -0.15) is 0 Å². The van der Waals surface area contributed by atoms with Crippen molar-refractivity contribution in [2.45, 2.75) is 12.5 Å². The Bertz CT molecular complexity index is 619. The highest BCUT2D eigenvalue weighted by atomic mass is 79.9. The Kier molecular flexibility index (Phi) is 5.13. The van der Waals surface area contributed by atoms with Gasteiger partial charge in [-0.1, -0.05) is 17.7 Å². The lowest BCUT2D eigenvalue weighted by Gasteiger charge is -2.18. The fourth-order valence-corrected chi connectivity index (χ4v) is 2.66. The average Bonchev–Trinajstić information content (AvgIpc) is 2.43. The van der Waals surface area contributed by atoms with Gasteiger partial charge in [-0.3, -0.25) is 0 Å². The molecule has 5 heteroatoms. The van der Waals surface area contributed by atoms with Gasteiger partial charge in [-0.25, -0.2) is 8.78 Å². The van der Waals surface area contributed by atoms with Crippen LogP contribution in [0.2, 0.25) is 5.02 Å². The summed E-state index contributed by atoms with van der Waals surface area (Å²) in [6.07, 6.45) is 0.534. The van der Waals surface area contributed by atoms with Crippen molar-refractivity contribution in [1.29, 1.82) is 0 Å². The Morgan fingerprint density at radius 1 is 1.15 bits per heavy atom. The lowest BCUT2D eigenvalue weighted by Crippen LogP contribution is -2.20. The summed E-state index contributed by atoms with van der Waals surface area (Å²) in [7, 11) is 1.75. The van der Waals surface area contributed by atoms with E-state index in [0.29, 0.717) is 21.5 Å². The third-order valence-electron chi connectivity index (χ3n) is 3.11. The minimum atomic E-state index is -0.316. The van der Waals surface area contributed by atoms with E-state index in [-0.39, 0.29) is 17.7 Å². The first-order valence-corrected chi connectivity index (χ1v) is 7.24. The maximum atomic E-state index is 13.9. The topological polar surface area (TPSA) is 12.0 Å². The van der Waals surface area contributed by atoms with E-state index >= 15 is 0 Å². The first kappa shape index (κ1) is 15.4. The maximum Gasteiger partial charge on any atom is 0.137 e. The van der Waals surface area contributed by atoms with E-state index in [1.807, 2.05) is 0 Å². The van der Waals surface area contributed by atoms with Crippen molar-refractivity contribution in [3.05, 3.63) is 68.7 Å². The van der Waals surface area contributed by atoms with Crippen LogP contribution in [0.3, 0.4) is 0 Å². The van der Waals surface area contributed by atoms with Gasteiger partial charge in [0, 0.05) is 16.6 Å². The number of halogens is 4. The molecule has 2 rings (SSSR count). The fraction of sp³-hybridized carbons (Fsp3) is 0.200. The van der Waals surface area contributed by atoms with E-state index in [4.69, 9.17) is 11.6 Å². The number of hydrogen-bond acceptors (Lipinski definition) is 1. The molecule has 0 aliphatic rings. The molecule has 1 atom stereocenters. The molecular formula is C15H13BrClF2N. The highest BCUT2D eigenvalue weighted by Gasteiger charge is 2.15. The standard InChI is InChI=1S/C15H13BrClF2N/c1-20-15(11-8-10(17)3-5-13(11)18)7-9-2-4-14(19)12(16)6-9/h2-6,8,15,20H,7H2,1H3. The number of hydrogen-bond donors (Lipinski definition) is 1. The second kappa shape index (κ2) is 6.66. The summed E-state index contributed by atoms with van der Waals surface area (Å²) in [5.74, 6) is -0.626. The number of nitrogens with one attached hydrogen (secondary N) is 1. The third kappa shape index (κ3) is 3.57. The summed E-state index contributed by atoms with van der Waals surface area (Å²) in [5.41, 5.74) is 1.40. The van der Waals surface area contributed by atoms with Crippen molar-refractivity contribution in [3.63, 3.8) is 0 Å². The van der Waals surface area contributed by atoms with E-state index in [2.05, 4.69) is 21.2 Å². The smallest absolute Gasteiger partial charge is 0.137 e.